The van der Waals surface area contributed by atoms with Gasteiger partial charge in [-0.05, 0) is 37.1 Å². The Bertz CT molecular complexity index is 297. The molecule has 0 amide bonds. The Morgan fingerprint density at radius 3 is 2.62 bits per heavy atom. The number of benzene rings is 1. The van der Waals surface area contributed by atoms with Crippen molar-refractivity contribution >= 4 is 12.4 Å². The van der Waals surface area contributed by atoms with Gasteiger partial charge in [0.2, 0.25) is 0 Å². The molecule has 2 nitrogen and oxygen atoms in total. The van der Waals surface area contributed by atoms with Crippen LogP contribution in [0.15, 0.2) is 18.2 Å². The average Bonchev–Trinajstić information content (AvgIpc) is 1.93. The lowest BCUT2D eigenvalue weighted by molar-refractivity contribution is 0.382. The summed E-state index contributed by atoms with van der Waals surface area (Å²) in [6.45, 7) is 3.04. The zero-order chi connectivity index (χ0) is 8.55. The fourth-order valence-electron chi connectivity index (χ4n) is 1.47. The molecular formula is C10H14ClNO. The third-order valence-electron chi connectivity index (χ3n) is 2.45. The third kappa shape index (κ3) is 1.95. The Morgan fingerprint density at radius 2 is 2.15 bits per heavy atom. The first-order chi connectivity index (χ1) is 5.77. The van der Waals surface area contributed by atoms with Crippen molar-refractivity contribution in [2.45, 2.75) is 19.4 Å². The van der Waals surface area contributed by atoms with Crippen LogP contribution < -0.4 is 5.32 Å². The quantitative estimate of drug-likeness (QED) is 0.727. The van der Waals surface area contributed by atoms with Gasteiger partial charge in [0.25, 0.3) is 0 Å². The molecule has 0 unspecified atom stereocenters. The molecule has 1 fully saturated rings. The van der Waals surface area contributed by atoms with Crippen LogP contribution in [0.3, 0.4) is 0 Å². The number of hydrogen-bond acceptors (Lipinski definition) is 2. The second-order valence-electron chi connectivity index (χ2n) is 3.34. The fraction of sp³-hybridized carbons (Fsp3) is 0.400. The van der Waals surface area contributed by atoms with Crippen LogP contribution >= 0.6 is 12.4 Å². The maximum Gasteiger partial charge on any atom is 0.118 e. The van der Waals surface area contributed by atoms with Gasteiger partial charge in [-0.3, -0.25) is 0 Å². The summed E-state index contributed by atoms with van der Waals surface area (Å²) in [5, 5.41) is 12.6. The number of halogens is 1. The molecule has 1 atom stereocenters. The van der Waals surface area contributed by atoms with Crippen LogP contribution in [0.25, 0.3) is 0 Å². The van der Waals surface area contributed by atoms with E-state index >= 15 is 0 Å². The smallest absolute Gasteiger partial charge is 0.118 e. The molecule has 1 saturated heterocycles. The van der Waals surface area contributed by atoms with Gasteiger partial charge in [0.05, 0.1) is 0 Å². The normalized spacial score (nSPS) is 20.2. The molecule has 0 saturated carbocycles. The molecule has 1 aromatic rings. The molecular weight excluding hydrogens is 186 g/mol. The van der Waals surface area contributed by atoms with E-state index in [0.29, 0.717) is 11.8 Å². The molecule has 0 radical (unpaired) electrons. The molecule has 3 heteroatoms. The van der Waals surface area contributed by atoms with Gasteiger partial charge in [-0.1, -0.05) is 12.1 Å². The van der Waals surface area contributed by atoms with Crippen LogP contribution in [-0.4, -0.2) is 11.7 Å². The molecule has 0 bridgehead atoms. The van der Waals surface area contributed by atoms with E-state index in [1.165, 1.54) is 12.0 Å². The fourth-order valence-corrected chi connectivity index (χ4v) is 1.47. The van der Waals surface area contributed by atoms with Gasteiger partial charge in [0, 0.05) is 6.04 Å². The summed E-state index contributed by atoms with van der Waals surface area (Å²) in [6, 6.07) is 6.32. The predicted octanol–water partition coefficient (Wildman–Crippen LogP) is 2.16. The van der Waals surface area contributed by atoms with Crippen LogP contribution in [-0.2, 0) is 0 Å². The van der Waals surface area contributed by atoms with Gasteiger partial charge in [-0.15, -0.1) is 12.4 Å². The van der Waals surface area contributed by atoms with Crippen molar-refractivity contribution in [1.29, 1.82) is 0 Å². The summed E-state index contributed by atoms with van der Waals surface area (Å²) >= 11 is 0. The van der Waals surface area contributed by atoms with E-state index in [4.69, 9.17) is 0 Å². The number of phenols is 1. The monoisotopic (exact) mass is 199 g/mol. The van der Waals surface area contributed by atoms with Gasteiger partial charge >= 0.3 is 0 Å². The van der Waals surface area contributed by atoms with E-state index in [1.807, 2.05) is 19.1 Å². The first-order valence-electron chi connectivity index (χ1n) is 4.30. The van der Waals surface area contributed by atoms with E-state index < -0.39 is 0 Å². The molecule has 72 valence electrons. The molecule has 1 aromatic carbocycles. The Morgan fingerprint density at radius 1 is 1.46 bits per heavy atom. The molecule has 1 aliphatic rings. The lowest BCUT2D eigenvalue weighted by Crippen LogP contribution is -2.34. The van der Waals surface area contributed by atoms with Crippen molar-refractivity contribution in [1.82, 2.24) is 5.32 Å². The zero-order valence-electron chi connectivity index (χ0n) is 7.58. The summed E-state index contributed by atoms with van der Waals surface area (Å²) in [4.78, 5) is 0. The Labute approximate surface area is 84.4 Å². The summed E-state index contributed by atoms with van der Waals surface area (Å²) in [6.07, 6.45) is 1.21. The largest absolute Gasteiger partial charge is 0.508 e. The molecule has 0 aromatic heterocycles. The second-order valence-corrected chi connectivity index (χ2v) is 3.34. The van der Waals surface area contributed by atoms with Crippen molar-refractivity contribution in [3.05, 3.63) is 29.3 Å². The highest BCUT2D eigenvalue weighted by molar-refractivity contribution is 5.85. The van der Waals surface area contributed by atoms with Gasteiger partial charge < -0.3 is 10.4 Å². The summed E-state index contributed by atoms with van der Waals surface area (Å²) in [5.41, 5.74) is 2.25. The standard InChI is InChI=1S/C10H13NO.ClH/c1-7-6-8(2-3-10(7)12)9-4-5-11-9;/h2-3,6,9,11-12H,4-5H2,1H3;1H/t9-;/m1./s1. The van der Waals surface area contributed by atoms with E-state index in [9.17, 15) is 5.11 Å². The number of phenolic OH excluding ortho intramolecular Hbond substituents is 1. The molecule has 2 N–H and O–H groups in total. The lowest BCUT2D eigenvalue weighted by Gasteiger charge is -2.28. The minimum absolute atomic E-state index is 0. The van der Waals surface area contributed by atoms with Gasteiger partial charge in [-0.2, -0.15) is 0 Å². The minimum Gasteiger partial charge on any atom is -0.508 e. The average molecular weight is 200 g/mol. The van der Waals surface area contributed by atoms with E-state index in [2.05, 4.69) is 5.32 Å². The highest BCUT2D eigenvalue weighted by atomic mass is 35.5. The number of hydrogen-bond donors (Lipinski definition) is 2. The number of nitrogens with one attached hydrogen (secondary N) is 1. The van der Waals surface area contributed by atoms with Gasteiger partial charge in [0.1, 0.15) is 5.75 Å². The predicted molar refractivity (Wildman–Crippen MR) is 55.5 cm³/mol. The zero-order valence-corrected chi connectivity index (χ0v) is 8.40. The molecule has 2 rings (SSSR count). The third-order valence-corrected chi connectivity index (χ3v) is 2.45. The number of aromatic hydroxyl groups is 1. The van der Waals surface area contributed by atoms with Crippen LogP contribution in [0, 0.1) is 6.92 Å². The Kier molecular flexibility index (Phi) is 3.17. The molecule has 13 heavy (non-hydrogen) atoms. The minimum atomic E-state index is 0. The van der Waals surface area contributed by atoms with Crippen LogP contribution in [0.5, 0.6) is 5.75 Å². The van der Waals surface area contributed by atoms with Gasteiger partial charge in [0.15, 0.2) is 0 Å². The lowest BCUT2D eigenvalue weighted by atomic mass is 9.96. The Balaban J connectivity index is 0.000000845. The number of rotatable bonds is 1. The Hall–Kier alpha value is -0.730. The molecule has 1 heterocycles. The van der Waals surface area contributed by atoms with Crippen molar-refractivity contribution in [2.75, 3.05) is 6.54 Å². The topological polar surface area (TPSA) is 32.3 Å². The highest BCUT2D eigenvalue weighted by Gasteiger charge is 2.18. The van der Waals surface area contributed by atoms with Crippen LogP contribution in [0.1, 0.15) is 23.6 Å². The summed E-state index contributed by atoms with van der Waals surface area (Å²) in [5.74, 6) is 0.387. The van der Waals surface area contributed by atoms with E-state index in [0.717, 1.165) is 12.1 Å². The maximum atomic E-state index is 9.30. The van der Waals surface area contributed by atoms with E-state index in [-0.39, 0.29) is 12.4 Å². The summed E-state index contributed by atoms with van der Waals surface area (Å²) < 4.78 is 0. The van der Waals surface area contributed by atoms with Crippen molar-refractivity contribution in [3.63, 3.8) is 0 Å². The SMILES string of the molecule is Cc1cc([C@H]2CCN2)ccc1O.Cl. The van der Waals surface area contributed by atoms with Crippen molar-refractivity contribution in [2.24, 2.45) is 0 Å². The second kappa shape index (κ2) is 3.99. The number of aryl methyl sites for hydroxylation is 1. The van der Waals surface area contributed by atoms with E-state index in [1.54, 1.807) is 6.07 Å². The first kappa shape index (κ1) is 10.4. The molecule has 0 aliphatic carbocycles. The van der Waals surface area contributed by atoms with Crippen LogP contribution in [0.4, 0.5) is 0 Å². The maximum absolute atomic E-state index is 9.30. The molecule has 0 spiro atoms. The van der Waals surface area contributed by atoms with Gasteiger partial charge in [-0.25, -0.2) is 0 Å². The van der Waals surface area contributed by atoms with Crippen molar-refractivity contribution in [3.8, 4) is 5.75 Å². The summed E-state index contributed by atoms with van der Waals surface area (Å²) in [7, 11) is 0. The van der Waals surface area contributed by atoms with Crippen LogP contribution in [0.2, 0.25) is 0 Å². The molecule has 1 aliphatic heterocycles. The first-order valence-corrected chi connectivity index (χ1v) is 4.30. The van der Waals surface area contributed by atoms with Crippen molar-refractivity contribution < 1.29 is 5.11 Å². The highest BCUT2D eigenvalue weighted by Crippen LogP contribution is 2.26.